The molecular formula is C18H30N2O3S. The maximum absolute atomic E-state index is 12.5. The molecule has 0 saturated carbocycles. The number of anilines is 1. The Bertz CT molecular complexity index is 674. The lowest BCUT2D eigenvalue weighted by Gasteiger charge is -2.29. The highest BCUT2D eigenvalue weighted by atomic mass is 32.2. The van der Waals surface area contributed by atoms with E-state index in [2.05, 4.69) is 5.32 Å². The topological polar surface area (TPSA) is 66.5 Å². The predicted molar refractivity (Wildman–Crippen MR) is 99.7 cm³/mol. The zero-order valence-corrected chi connectivity index (χ0v) is 16.6. The molecule has 0 aliphatic heterocycles. The van der Waals surface area contributed by atoms with Crippen LogP contribution in [0, 0.1) is 25.7 Å². The van der Waals surface area contributed by atoms with Crippen LogP contribution in [0.3, 0.4) is 0 Å². The van der Waals surface area contributed by atoms with E-state index in [0.717, 1.165) is 17.4 Å². The quantitative estimate of drug-likeness (QED) is 0.819. The Morgan fingerprint density at radius 2 is 1.67 bits per heavy atom. The highest BCUT2D eigenvalue weighted by Crippen LogP contribution is 2.24. The highest BCUT2D eigenvalue weighted by Gasteiger charge is 2.25. The van der Waals surface area contributed by atoms with Gasteiger partial charge in [-0.15, -0.1) is 0 Å². The minimum absolute atomic E-state index is 0.0116. The van der Waals surface area contributed by atoms with Gasteiger partial charge in [0.1, 0.15) is 6.54 Å². The molecule has 0 saturated heterocycles. The van der Waals surface area contributed by atoms with Crippen LogP contribution in [-0.4, -0.2) is 33.2 Å². The van der Waals surface area contributed by atoms with Gasteiger partial charge in [0.15, 0.2) is 0 Å². The summed E-state index contributed by atoms with van der Waals surface area (Å²) in [6.45, 7) is 11.8. The zero-order chi connectivity index (χ0) is 18.7. The van der Waals surface area contributed by atoms with Gasteiger partial charge in [-0.1, -0.05) is 39.8 Å². The van der Waals surface area contributed by atoms with Gasteiger partial charge in [0, 0.05) is 6.04 Å². The van der Waals surface area contributed by atoms with E-state index in [1.807, 2.05) is 47.6 Å². The van der Waals surface area contributed by atoms with Crippen molar-refractivity contribution in [3.63, 3.8) is 0 Å². The third kappa shape index (κ3) is 5.23. The molecule has 0 radical (unpaired) electrons. The molecule has 136 valence electrons. The number of nitrogens with zero attached hydrogens (tertiary/aromatic N) is 1. The molecule has 1 amide bonds. The average molecular weight is 355 g/mol. The summed E-state index contributed by atoms with van der Waals surface area (Å²) in [7, 11) is -3.56. The number of hydrogen-bond donors (Lipinski definition) is 1. The molecule has 1 rings (SSSR count). The van der Waals surface area contributed by atoms with Crippen molar-refractivity contribution in [2.24, 2.45) is 11.8 Å². The number of carbonyl (C=O) groups is 1. The van der Waals surface area contributed by atoms with Crippen LogP contribution in [0.25, 0.3) is 0 Å². The number of rotatable bonds is 7. The Labute approximate surface area is 146 Å². The first-order chi connectivity index (χ1) is 10.9. The number of hydrogen-bond acceptors (Lipinski definition) is 3. The fraction of sp³-hybridized carbons (Fsp3) is 0.611. The largest absolute Gasteiger partial charge is 0.351 e. The van der Waals surface area contributed by atoms with Crippen LogP contribution in [0.4, 0.5) is 5.69 Å². The van der Waals surface area contributed by atoms with Crippen molar-refractivity contribution in [1.82, 2.24) is 5.32 Å². The fourth-order valence-corrected chi connectivity index (χ4v) is 3.76. The van der Waals surface area contributed by atoms with Crippen molar-refractivity contribution in [2.45, 2.75) is 47.6 Å². The number of carbonyl (C=O) groups excluding carboxylic acids is 1. The van der Waals surface area contributed by atoms with E-state index in [0.29, 0.717) is 5.69 Å². The molecule has 5 nitrogen and oxygen atoms in total. The number of sulfonamides is 1. The second-order valence-electron chi connectivity index (χ2n) is 7.07. The van der Waals surface area contributed by atoms with Crippen LogP contribution in [0.5, 0.6) is 0 Å². The maximum atomic E-state index is 12.5. The Morgan fingerprint density at radius 1 is 1.12 bits per heavy atom. The molecule has 0 aromatic heterocycles. The van der Waals surface area contributed by atoms with E-state index in [1.54, 1.807) is 12.1 Å². The second-order valence-corrected chi connectivity index (χ2v) is 8.98. The summed E-state index contributed by atoms with van der Waals surface area (Å²) < 4.78 is 25.6. The third-order valence-electron chi connectivity index (χ3n) is 4.30. The van der Waals surface area contributed by atoms with Gasteiger partial charge in [0.2, 0.25) is 15.9 Å². The zero-order valence-electron chi connectivity index (χ0n) is 15.8. The molecule has 0 heterocycles. The van der Waals surface area contributed by atoms with E-state index in [1.165, 1.54) is 4.31 Å². The van der Waals surface area contributed by atoms with Crippen LogP contribution >= 0.6 is 0 Å². The van der Waals surface area contributed by atoms with E-state index in [4.69, 9.17) is 0 Å². The van der Waals surface area contributed by atoms with Crippen molar-refractivity contribution >= 4 is 21.6 Å². The van der Waals surface area contributed by atoms with Gasteiger partial charge in [-0.2, -0.15) is 0 Å². The molecule has 24 heavy (non-hydrogen) atoms. The Morgan fingerprint density at radius 3 is 2.12 bits per heavy atom. The first-order valence-electron chi connectivity index (χ1n) is 8.28. The summed E-state index contributed by atoms with van der Waals surface area (Å²) in [4.78, 5) is 12.5. The van der Waals surface area contributed by atoms with Crippen LogP contribution in [0.1, 0.15) is 38.8 Å². The molecule has 0 spiro atoms. The van der Waals surface area contributed by atoms with E-state index in [9.17, 15) is 13.2 Å². The molecule has 1 N–H and O–H groups in total. The summed E-state index contributed by atoms with van der Waals surface area (Å²) in [6.07, 6.45) is 1.13. The smallest absolute Gasteiger partial charge is 0.241 e. The molecule has 0 aliphatic carbocycles. The molecule has 1 aromatic carbocycles. The molecular weight excluding hydrogens is 324 g/mol. The fourth-order valence-electron chi connectivity index (χ4n) is 2.85. The number of amides is 1. The molecule has 6 heteroatoms. The monoisotopic (exact) mass is 354 g/mol. The Hall–Kier alpha value is -1.56. The highest BCUT2D eigenvalue weighted by molar-refractivity contribution is 7.92. The molecule has 0 fully saturated rings. The third-order valence-corrected chi connectivity index (χ3v) is 5.42. The van der Waals surface area contributed by atoms with Crippen molar-refractivity contribution in [3.05, 3.63) is 29.3 Å². The number of aryl methyl sites for hydroxylation is 1. The molecule has 0 unspecified atom stereocenters. The number of nitrogens with one attached hydrogen (secondary N) is 1. The van der Waals surface area contributed by atoms with Gasteiger partial charge in [0.05, 0.1) is 11.9 Å². The maximum Gasteiger partial charge on any atom is 0.241 e. The lowest BCUT2D eigenvalue weighted by molar-refractivity contribution is -0.121. The van der Waals surface area contributed by atoms with Crippen LogP contribution in [-0.2, 0) is 14.8 Å². The first-order valence-corrected chi connectivity index (χ1v) is 10.1. The summed E-state index contributed by atoms with van der Waals surface area (Å²) in [5, 5.41) is 2.98. The van der Waals surface area contributed by atoms with Crippen molar-refractivity contribution in [3.8, 4) is 0 Å². The second kappa shape index (κ2) is 8.01. The summed E-state index contributed by atoms with van der Waals surface area (Å²) in [6, 6.07) is 5.47. The van der Waals surface area contributed by atoms with Crippen LogP contribution < -0.4 is 9.62 Å². The summed E-state index contributed by atoms with van der Waals surface area (Å²) >= 11 is 0. The lowest BCUT2D eigenvalue weighted by Crippen LogP contribution is -2.47. The van der Waals surface area contributed by atoms with Gasteiger partial charge in [-0.25, -0.2) is 8.42 Å². The van der Waals surface area contributed by atoms with Gasteiger partial charge in [-0.3, -0.25) is 9.10 Å². The molecule has 0 bridgehead atoms. The van der Waals surface area contributed by atoms with Gasteiger partial charge >= 0.3 is 0 Å². The van der Waals surface area contributed by atoms with Crippen LogP contribution in [0.15, 0.2) is 18.2 Å². The van der Waals surface area contributed by atoms with Gasteiger partial charge in [0.25, 0.3) is 0 Å². The molecule has 0 aliphatic rings. The van der Waals surface area contributed by atoms with E-state index < -0.39 is 10.0 Å². The van der Waals surface area contributed by atoms with Crippen molar-refractivity contribution in [2.75, 3.05) is 17.1 Å². The minimum atomic E-state index is -3.56. The molecule has 1 aromatic rings. The van der Waals surface area contributed by atoms with Crippen molar-refractivity contribution in [1.29, 1.82) is 0 Å². The Balaban J connectivity index is 3.08. The molecule has 0 atom stereocenters. The van der Waals surface area contributed by atoms with Gasteiger partial charge in [-0.05, 0) is 42.9 Å². The normalized spacial score (nSPS) is 12.1. The lowest BCUT2D eigenvalue weighted by atomic mass is 9.93. The predicted octanol–water partition coefficient (Wildman–Crippen LogP) is 2.87. The number of benzene rings is 1. The van der Waals surface area contributed by atoms with E-state index >= 15 is 0 Å². The standard InChI is InChI=1S/C18H30N2O3S/c1-12(2)18(13(3)4)19-17(21)11-20(24(7,22)23)16-10-8-9-14(5)15(16)6/h8-10,12-13,18H,11H2,1-7H3,(H,19,21). The minimum Gasteiger partial charge on any atom is -0.351 e. The van der Waals surface area contributed by atoms with Crippen molar-refractivity contribution < 1.29 is 13.2 Å². The SMILES string of the molecule is Cc1cccc(N(CC(=O)NC(C(C)C)C(C)C)S(C)(=O)=O)c1C. The summed E-state index contributed by atoms with van der Waals surface area (Å²) in [5.41, 5.74) is 2.40. The van der Waals surface area contributed by atoms with E-state index in [-0.39, 0.29) is 30.3 Å². The first kappa shape index (κ1) is 20.5. The van der Waals surface area contributed by atoms with Gasteiger partial charge < -0.3 is 5.32 Å². The average Bonchev–Trinajstić information content (AvgIpc) is 2.43. The summed E-state index contributed by atoms with van der Waals surface area (Å²) in [5.74, 6) is 0.274. The van der Waals surface area contributed by atoms with Crippen LogP contribution in [0.2, 0.25) is 0 Å². The Kier molecular flexibility index (Phi) is 6.84.